The van der Waals surface area contributed by atoms with Gasteiger partial charge in [0.05, 0.1) is 33.6 Å². The topological polar surface area (TPSA) is 139 Å². The number of amides is 2. The van der Waals surface area contributed by atoms with Gasteiger partial charge in [-0.2, -0.15) is 10.1 Å². The summed E-state index contributed by atoms with van der Waals surface area (Å²) in [4.78, 5) is 47.5. The molecule has 1 saturated carbocycles. The molecular weight excluding hydrogens is 478 g/mol. The Morgan fingerprint density at radius 2 is 1.80 bits per heavy atom. The molecule has 1 aliphatic heterocycles. The zero-order valence-electron chi connectivity index (χ0n) is 18.0. The van der Waals surface area contributed by atoms with Gasteiger partial charge in [0.2, 0.25) is 5.75 Å². The van der Waals surface area contributed by atoms with Gasteiger partial charge in [-0.05, 0) is 42.0 Å². The van der Waals surface area contributed by atoms with Crippen LogP contribution < -0.4 is 4.74 Å². The van der Waals surface area contributed by atoms with Crippen molar-refractivity contribution in [2.75, 3.05) is 0 Å². The van der Waals surface area contributed by atoms with Crippen molar-refractivity contribution in [3.8, 4) is 5.75 Å². The van der Waals surface area contributed by atoms with Crippen LogP contribution in [0.2, 0.25) is 5.02 Å². The Labute approximate surface area is 203 Å². The van der Waals surface area contributed by atoms with Crippen molar-refractivity contribution in [3.63, 3.8) is 0 Å². The average molecular weight is 496 g/mol. The van der Waals surface area contributed by atoms with Gasteiger partial charge in [0.15, 0.2) is 0 Å². The Hall–Kier alpha value is -4.05. The van der Waals surface area contributed by atoms with E-state index < -0.39 is 28.4 Å². The smallest absolute Gasteiger partial charge is 0.335 e. The first-order valence-corrected chi connectivity index (χ1v) is 11.2. The summed E-state index contributed by atoms with van der Waals surface area (Å²) in [6.07, 6.45) is 5.95. The molecule has 0 radical (unpaired) electrons. The Bertz CT molecular complexity index is 1290. The summed E-state index contributed by atoms with van der Waals surface area (Å²) in [5.74, 6) is -2.64. The fraction of sp³-hybridized carbons (Fsp3) is 0.250. The van der Waals surface area contributed by atoms with Gasteiger partial charge in [-0.3, -0.25) is 19.7 Å². The first-order valence-electron chi connectivity index (χ1n) is 10.8. The van der Waals surface area contributed by atoms with Crippen LogP contribution in [0.1, 0.15) is 27.9 Å². The molecule has 178 valence electrons. The number of imide groups is 1. The van der Waals surface area contributed by atoms with Crippen LogP contribution in [0.4, 0.5) is 5.69 Å². The molecule has 1 heterocycles. The van der Waals surface area contributed by atoms with Gasteiger partial charge in [0.25, 0.3) is 11.8 Å². The normalized spacial score (nSPS) is 24.4. The largest absolute Gasteiger partial charge is 0.481 e. The number of carbonyl (C=O) groups is 3. The van der Waals surface area contributed by atoms with E-state index in [4.69, 9.17) is 21.4 Å². The van der Waals surface area contributed by atoms with Crippen LogP contribution in [0.25, 0.3) is 0 Å². The number of carboxylic acid groups (broad SMARTS) is 1. The van der Waals surface area contributed by atoms with Gasteiger partial charge in [-0.25, -0.2) is 4.79 Å². The number of benzene rings is 2. The van der Waals surface area contributed by atoms with E-state index in [0.717, 1.165) is 11.4 Å². The summed E-state index contributed by atoms with van der Waals surface area (Å²) in [6.45, 7) is -0.0795. The highest BCUT2D eigenvalue weighted by atomic mass is 35.5. The van der Waals surface area contributed by atoms with Gasteiger partial charge >= 0.3 is 11.7 Å². The summed E-state index contributed by atoms with van der Waals surface area (Å²) in [5.41, 5.74) is 0.493. The number of nitro groups is 1. The molecule has 0 aromatic heterocycles. The molecule has 2 amide bonds. The van der Waals surface area contributed by atoms with Crippen LogP contribution in [0.3, 0.4) is 0 Å². The van der Waals surface area contributed by atoms with E-state index in [1.807, 2.05) is 12.2 Å². The monoisotopic (exact) mass is 495 g/mol. The second kappa shape index (κ2) is 8.62. The SMILES string of the molecule is O=C(O)c1ccc(COc2c(Cl)cc(C=NN3C(=O)C4C5C=CC(C5)C4C3=O)cc2[N+](=O)[O-])cc1. The van der Waals surface area contributed by atoms with Crippen molar-refractivity contribution in [2.45, 2.75) is 13.0 Å². The lowest BCUT2D eigenvalue weighted by atomic mass is 9.85. The van der Waals surface area contributed by atoms with Crippen molar-refractivity contribution in [1.82, 2.24) is 5.01 Å². The zero-order chi connectivity index (χ0) is 24.9. The summed E-state index contributed by atoms with van der Waals surface area (Å²) < 4.78 is 5.57. The van der Waals surface area contributed by atoms with Crippen LogP contribution in [-0.4, -0.2) is 39.0 Å². The van der Waals surface area contributed by atoms with Gasteiger partial charge in [0, 0.05) is 11.6 Å². The number of fused-ring (bicyclic) bond motifs is 5. The van der Waals surface area contributed by atoms with Crippen molar-refractivity contribution >= 4 is 41.3 Å². The van der Waals surface area contributed by atoms with Crippen LogP contribution in [-0.2, 0) is 16.2 Å². The maximum atomic E-state index is 12.8. The number of hydrazone groups is 1. The number of nitro benzene ring substituents is 1. The number of halogens is 1. The second-order valence-corrected chi connectivity index (χ2v) is 9.04. The summed E-state index contributed by atoms with van der Waals surface area (Å²) in [5, 5.41) is 25.5. The first-order chi connectivity index (χ1) is 16.7. The number of carboxylic acids is 1. The van der Waals surface area contributed by atoms with E-state index in [1.54, 1.807) is 0 Å². The van der Waals surface area contributed by atoms with Crippen LogP contribution in [0.5, 0.6) is 5.75 Å². The molecule has 2 aliphatic carbocycles. The standard InChI is InChI=1S/C24H18ClN3O7/c25-17-7-13(10-26-27-22(29)19-15-5-6-16(9-15)20(19)23(27)30)8-18(28(33)34)21(17)35-11-12-1-3-14(4-2-12)24(31)32/h1-8,10,15-16,19-20H,9,11H2,(H,31,32). The molecule has 4 atom stereocenters. The first kappa shape index (κ1) is 22.7. The lowest BCUT2D eigenvalue weighted by Crippen LogP contribution is -2.28. The number of aromatic carboxylic acids is 1. The van der Waals surface area contributed by atoms with E-state index in [1.165, 1.54) is 42.6 Å². The minimum atomic E-state index is -1.07. The number of hydrogen-bond acceptors (Lipinski definition) is 7. The highest BCUT2D eigenvalue weighted by molar-refractivity contribution is 6.32. The molecule has 1 N–H and O–H groups in total. The van der Waals surface area contributed by atoms with Crippen molar-refractivity contribution in [1.29, 1.82) is 0 Å². The molecule has 3 aliphatic rings. The summed E-state index contributed by atoms with van der Waals surface area (Å²) >= 11 is 6.26. The zero-order valence-corrected chi connectivity index (χ0v) is 18.8. The third-order valence-electron chi connectivity index (χ3n) is 6.60. The Morgan fingerprint density at radius 1 is 1.17 bits per heavy atom. The number of rotatable bonds is 7. The van der Waals surface area contributed by atoms with E-state index in [9.17, 15) is 24.5 Å². The van der Waals surface area contributed by atoms with Crippen LogP contribution >= 0.6 is 11.6 Å². The highest BCUT2D eigenvalue weighted by Crippen LogP contribution is 2.52. The van der Waals surface area contributed by atoms with Gasteiger partial charge in [0.1, 0.15) is 6.61 Å². The minimum absolute atomic E-state index is 0.0499. The molecule has 4 unspecified atom stereocenters. The number of nitrogens with zero attached hydrogens (tertiary/aromatic N) is 3. The molecule has 2 bridgehead atoms. The van der Waals surface area contributed by atoms with Gasteiger partial charge < -0.3 is 9.84 Å². The Morgan fingerprint density at radius 3 is 2.37 bits per heavy atom. The minimum Gasteiger partial charge on any atom is -0.481 e. The quantitative estimate of drug-likeness (QED) is 0.203. The molecule has 2 aromatic rings. The van der Waals surface area contributed by atoms with Crippen molar-refractivity contribution in [2.24, 2.45) is 28.8 Å². The van der Waals surface area contributed by atoms with Crippen LogP contribution in [0, 0.1) is 33.8 Å². The molecule has 1 saturated heterocycles. The summed E-state index contributed by atoms with van der Waals surface area (Å²) in [6, 6.07) is 8.44. The summed E-state index contributed by atoms with van der Waals surface area (Å²) in [7, 11) is 0. The molecule has 2 fully saturated rings. The number of ether oxygens (including phenoxy) is 1. The number of allylic oxidation sites excluding steroid dienone is 2. The van der Waals surface area contributed by atoms with E-state index in [0.29, 0.717) is 5.56 Å². The van der Waals surface area contributed by atoms with Crippen molar-refractivity contribution < 1.29 is 29.2 Å². The van der Waals surface area contributed by atoms with E-state index in [2.05, 4.69) is 5.10 Å². The highest BCUT2D eigenvalue weighted by Gasteiger charge is 2.59. The van der Waals surface area contributed by atoms with E-state index >= 15 is 0 Å². The lowest BCUT2D eigenvalue weighted by molar-refractivity contribution is -0.385. The average Bonchev–Trinajstić information content (AvgIpc) is 3.51. The fourth-order valence-corrected chi connectivity index (χ4v) is 5.25. The number of carbonyl (C=O) groups excluding carboxylic acids is 2. The molecular formula is C24H18ClN3O7. The molecule has 11 heteroatoms. The Balaban J connectivity index is 1.34. The molecule has 0 spiro atoms. The molecule has 5 rings (SSSR count). The predicted molar refractivity (Wildman–Crippen MR) is 123 cm³/mol. The third-order valence-corrected chi connectivity index (χ3v) is 6.88. The van der Waals surface area contributed by atoms with Crippen molar-refractivity contribution in [3.05, 3.63) is 80.4 Å². The maximum absolute atomic E-state index is 12.8. The number of hydrogen-bond donors (Lipinski definition) is 1. The third kappa shape index (κ3) is 3.95. The molecule has 35 heavy (non-hydrogen) atoms. The van der Waals surface area contributed by atoms with Crippen LogP contribution in [0.15, 0.2) is 53.7 Å². The Kier molecular flexibility index (Phi) is 5.60. The predicted octanol–water partition coefficient (Wildman–Crippen LogP) is 3.67. The lowest BCUT2D eigenvalue weighted by Gasteiger charge is -2.13. The fourth-order valence-electron chi connectivity index (χ4n) is 4.98. The maximum Gasteiger partial charge on any atom is 0.335 e. The van der Waals surface area contributed by atoms with Gasteiger partial charge in [-0.1, -0.05) is 35.9 Å². The second-order valence-electron chi connectivity index (χ2n) is 8.63. The molecule has 2 aromatic carbocycles. The van der Waals surface area contributed by atoms with E-state index in [-0.39, 0.29) is 52.2 Å². The molecule has 10 nitrogen and oxygen atoms in total. The van der Waals surface area contributed by atoms with Gasteiger partial charge in [-0.15, -0.1) is 0 Å².